The van der Waals surface area contributed by atoms with Crippen LogP contribution in [0.5, 0.6) is 0 Å². The molecule has 2 aromatic carbocycles. The molecule has 2 aromatic heterocycles. The first kappa shape index (κ1) is 16.9. The number of carbonyl (C=O) groups is 1. The summed E-state index contributed by atoms with van der Waals surface area (Å²) in [6, 6.07) is 13.5. The molecule has 0 radical (unpaired) electrons. The number of para-hydroxylation sites is 1. The molecule has 4 rings (SSSR count). The molecule has 2 heterocycles. The molecular formula is C21H16FN3O2. The molecule has 0 atom stereocenters. The third-order valence-electron chi connectivity index (χ3n) is 4.36. The first-order valence-electron chi connectivity index (χ1n) is 8.40. The standard InChI is InChI=1S/C21H16FN3O2/c1-13-9-18-20(27-14(2)24-18)10-16(13)15-7-8-21(23-11-15)25(12-26)19-6-4-3-5-17(19)22/h3-12H,1-2H3. The van der Waals surface area contributed by atoms with E-state index >= 15 is 0 Å². The van der Waals surface area contributed by atoms with Gasteiger partial charge in [-0.25, -0.2) is 14.4 Å². The maximum Gasteiger partial charge on any atom is 0.219 e. The minimum atomic E-state index is -0.488. The summed E-state index contributed by atoms with van der Waals surface area (Å²) in [5, 5.41) is 0. The van der Waals surface area contributed by atoms with Crippen LogP contribution in [0.15, 0.2) is 59.1 Å². The second kappa shape index (κ2) is 6.64. The Labute approximate surface area is 155 Å². The Morgan fingerprint density at radius 2 is 1.93 bits per heavy atom. The van der Waals surface area contributed by atoms with Gasteiger partial charge in [0, 0.05) is 18.7 Å². The number of hydrogen-bond donors (Lipinski definition) is 0. The Hall–Kier alpha value is -3.54. The minimum absolute atomic E-state index is 0.155. The second-order valence-corrected chi connectivity index (χ2v) is 6.20. The van der Waals surface area contributed by atoms with Crippen LogP contribution in [0.25, 0.3) is 22.2 Å². The molecule has 0 bridgehead atoms. The fraction of sp³-hybridized carbons (Fsp3) is 0.0952. The van der Waals surface area contributed by atoms with Crippen molar-refractivity contribution in [2.24, 2.45) is 0 Å². The number of rotatable bonds is 4. The van der Waals surface area contributed by atoms with E-state index in [1.165, 1.54) is 17.0 Å². The van der Waals surface area contributed by atoms with E-state index in [1.807, 2.05) is 32.0 Å². The van der Waals surface area contributed by atoms with Gasteiger partial charge in [-0.2, -0.15) is 0 Å². The lowest BCUT2D eigenvalue weighted by Gasteiger charge is -2.17. The number of aryl methyl sites for hydroxylation is 2. The van der Waals surface area contributed by atoms with Crippen molar-refractivity contribution in [3.05, 3.63) is 72.0 Å². The molecule has 0 unspecified atom stereocenters. The van der Waals surface area contributed by atoms with E-state index in [1.54, 1.807) is 24.4 Å². The van der Waals surface area contributed by atoms with Crippen LogP contribution in [0.3, 0.4) is 0 Å². The summed E-state index contributed by atoms with van der Waals surface area (Å²) in [4.78, 5) is 21.4. The Morgan fingerprint density at radius 3 is 2.63 bits per heavy atom. The molecule has 27 heavy (non-hydrogen) atoms. The van der Waals surface area contributed by atoms with Gasteiger partial charge in [-0.1, -0.05) is 12.1 Å². The smallest absolute Gasteiger partial charge is 0.219 e. The zero-order chi connectivity index (χ0) is 19.0. The Bertz CT molecular complexity index is 1140. The normalized spacial score (nSPS) is 10.9. The SMILES string of the molecule is Cc1nc2cc(C)c(-c3ccc(N(C=O)c4ccccc4F)nc3)cc2o1. The van der Waals surface area contributed by atoms with Crippen LogP contribution in [-0.4, -0.2) is 16.4 Å². The molecule has 0 aliphatic rings. The molecule has 6 heteroatoms. The zero-order valence-corrected chi connectivity index (χ0v) is 14.8. The first-order chi connectivity index (χ1) is 13.1. The van der Waals surface area contributed by atoms with Gasteiger partial charge in [0.2, 0.25) is 6.41 Å². The minimum Gasteiger partial charge on any atom is -0.441 e. The molecule has 0 aliphatic heterocycles. The predicted molar refractivity (Wildman–Crippen MR) is 101 cm³/mol. The number of anilines is 2. The molecule has 0 N–H and O–H groups in total. The lowest BCUT2D eigenvalue weighted by molar-refractivity contribution is -0.106. The summed E-state index contributed by atoms with van der Waals surface area (Å²) in [6.07, 6.45) is 2.21. The van der Waals surface area contributed by atoms with Gasteiger partial charge in [0.05, 0.1) is 5.69 Å². The molecular weight excluding hydrogens is 345 g/mol. The number of amides is 1. The van der Waals surface area contributed by atoms with Crippen LogP contribution >= 0.6 is 0 Å². The van der Waals surface area contributed by atoms with E-state index in [2.05, 4.69) is 9.97 Å². The molecule has 4 aromatic rings. The lowest BCUT2D eigenvalue weighted by atomic mass is 10.0. The number of benzene rings is 2. The topological polar surface area (TPSA) is 59.2 Å². The first-order valence-corrected chi connectivity index (χ1v) is 8.40. The summed E-state index contributed by atoms with van der Waals surface area (Å²) in [5.41, 5.74) is 4.53. The quantitative estimate of drug-likeness (QED) is 0.483. The molecule has 0 aliphatic carbocycles. The lowest BCUT2D eigenvalue weighted by Crippen LogP contribution is -2.16. The Morgan fingerprint density at radius 1 is 1.11 bits per heavy atom. The largest absolute Gasteiger partial charge is 0.441 e. The summed E-state index contributed by atoms with van der Waals surface area (Å²) < 4.78 is 19.6. The highest BCUT2D eigenvalue weighted by Crippen LogP contribution is 2.30. The van der Waals surface area contributed by atoms with E-state index in [-0.39, 0.29) is 5.69 Å². The number of aromatic nitrogens is 2. The van der Waals surface area contributed by atoms with E-state index in [4.69, 9.17) is 4.42 Å². The van der Waals surface area contributed by atoms with Gasteiger partial charge in [-0.15, -0.1) is 0 Å². The number of halogens is 1. The van der Waals surface area contributed by atoms with E-state index in [0.717, 1.165) is 22.2 Å². The molecule has 0 fully saturated rings. The van der Waals surface area contributed by atoms with Crippen LogP contribution in [0.4, 0.5) is 15.9 Å². The van der Waals surface area contributed by atoms with Crippen LogP contribution in [0, 0.1) is 19.7 Å². The number of nitrogens with zero attached hydrogens (tertiary/aromatic N) is 3. The Kier molecular flexibility index (Phi) is 4.16. The average molecular weight is 361 g/mol. The van der Waals surface area contributed by atoms with Gasteiger partial charge >= 0.3 is 0 Å². The molecule has 5 nitrogen and oxygen atoms in total. The third-order valence-corrected chi connectivity index (χ3v) is 4.36. The maximum absolute atomic E-state index is 14.0. The number of oxazole rings is 1. The van der Waals surface area contributed by atoms with Crippen molar-refractivity contribution < 1.29 is 13.6 Å². The highest BCUT2D eigenvalue weighted by atomic mass is 19.1. The number of hydrogen-bond acceptors (Lipinski definition) is 4. The van der Waals surface area contributed by atoms with Crippen molar-refractivity contribution in [3.8, 4) is 11.1 Å². The summed E-state index contributed by atoms with van der Waals surface area (Å²) in [7, 11) is 0. The second-order valence-electron chi connectivity index (χ2n) is 6.20. The predicted octanol–water partition coefficient (Wildman–Crippen LogP) is 4.94. The van der Waals surface area contributed by atoms with Crippen LogP contribution in [0.2, 0.25) is 0 Å². The van der Waals surface area contributed by atoms with Gasteiger partial charge in [-0.3, -0.25) is 9.69 Å². The van der Waals surface area contributed by atoms with Crippen molar-refractivity contribution in [2.45, 2.75) is 13.8 Å². The molecule has 134 valence electrons. The highest BCUT2D eigenvalue weighted by Gasteiger charge is 2.15. The van der Waals surface area contributed by atoms with Gasteiger partial charge in [0.15, 0.2) is 11.5 Å². The molecule has 0 saturated carbocycles. The van der Waals surface area contributed by atoms with Crippen molar-refractivity contribution in [3.63, 3.8) is 0 Å². The van der Waals surface area contributed by atoms with Gasteiger partial charge in [0.1, 0.15) is 17.2 Å². The van der Waals surface area contributed by atoms with E-state index < -0.39 is 5.82 Å². The van der Waals surface area contributed by atoms with Crippen molar-refractivity contribution in [1.29, 1.82) is 0 Å². The average Bonchev–Trinajstić information content (AvgIpc) is 3.02. The van der Waals surface area contributed by atoms with E-state index in [9.17, 15) is 9.18 Å². The number of pyridine rings is 1. The fourth-order valence-electron chi connectivity index (χ4n) is 3.07. The molecule has 1 amide bonds. The van der Waals surface area contributed by atoms with Gasteiger partial charge < -0.3 is 4.42 Å². The fourth-order valence-corrected chi connectivity index (χ4v) is 3.07. The maximum atomic E-state index is 14.0. The number of carbonyl (C=O) groups excluding carboxylic acids is 1. The highest BCUT2D eigenvalue weighted by molar-refractivity contribution is 5.86. The van der Waals surface area contributed by atoms with Crippen LogP contribution in [-0.2, 0) is 4.79 Å². The summed E-state index contributed by atoms with van der Waals surface area (Å²) in [5.74, 6) is 0.465. The summed E-state index contributed by atoms with van der Waals surface area (Å²) in [6.45, 7) is 3.80. The third kappa shape index (κ3) is 3.06. The summed E-state index contributed by atoms with van der Waals surface area (Å²) >= 11 is 0. The van der Waals surface area contributed by atoms with Gasteiger partial charge in [0.25, 0.3) is 0 Å². The molecule has 0 spiro atoms. The van der Waals surface area contributed by atoms with Crippen molar-refractivity contribution in [1.82, 2.24) is 9.97 Å². The number of fused-ring (bicyclic) bond motifs is 1. The van der Waals surface area contributed by atoms with Crippen molar-refractivity contribution in [2.75, 3.05) is 4.90 Å². The van der Waals surface area contributed by atoms with Crippen LogP contribution < -0.4 is 4.90 Å². The van der Waals surface area contributed by atoms with Crippen LogP contribution in [0.1, 0.15) is 11.5 Å². The molecule has 0 saturated heterocycles. The Balaban J connectivity index is 1.73. The van der Waals surface area contributed by atoms with Crippen molar-refractivity contribution >= 4 is 29.0 Å². The monoisotopic (exact) mass is 361 g/mol. The van der Waals surface area contributed by atoms with E-state index in [0.29, 0.717) is 23.7 Å². The zero-order valence-electron chi connectivity index (χ0n) is 14.8. The van der Waals surface area contributed by atoms with Gasteiger partial charge in [-0.05, 0) is 54.4 Å².